The monoisotopic (exact) mass is 411 g/mol. The number of benzene rings is 2. The summed E-state index contributed by atoms with van der Waals surface area (Å²) in [5, 5.41) is 2.92. The lowest BCUT2D eigenvalue weighted by atomic mass is 10.1. The van der Waals surface area contributed by atoms with Gasteiger partial charge in [-0.15, -0.1) is 0 Å². The van der Waals surface area contributed by atoms with E-state index in [9.17, 15) is 13.6 Å². The minimum Gasteiger partial charge on any atom is -0.468 e. The van der Waals surface area contributed by atoms with E-state index in [-0.39, 0.29) is 23.6 Å². The Hall–Kier alpha value is -3.19. The fourth-order valence-corrected chi connectivity index (χ4v) is 3.77. The molecule has 4 rings (SSSR count). The number of rotatable bonds is 6. The number of furan rings is 1. The van der Waals surface area contributed by atoms with Gasteiger partial charge in [-0.2, -0.15) is 0 Å². The SMILES string of the molecule is O=C(NCC(c1ccco1)N1CCN(c2ccccc2F)CC1)c1ccc(F)cc1. The number of carbonyl (C=O) groups is 1. The Morgan fingerprint density at radius 2 is 1.70 bits per heavy atom. The van der Waals surface area contributed by atoms with Crippen molar-refractivity contribution >= 4 is 11.6 Å². The first-order valence-electron chi connectivity index (χ1n) is 9.92. The van der Waals surface area contributed by atoms with E-state index in [2.05, 4.69) is 10.2 Å². The van der Waals surface area contributed by atoms with Crippen molar-refractivity contribution in [1.82, 2.24) is 10.2 Å². The molecule has 0 radical (unpaired) electrons. The van der Waals surface area contributed by atoms with Gasteiger partial charge in [-0.3, -0.25) is 9.69 Å². The van der Waals surface area contributed by atoms with Crippen molar-refractivity contribution in [3.05, 3.63) is 89.9 Å². The summed E-state index contributed by atoms with van der Waals surface area (Å²) in [7, 11) is 0. The van der Waals surface area contributed by atoms with E-state index >= 15 is 0 Å². The van der Waals surface area contributed by atoms with Crippen molar-refractivity contribution in [2.75, 3.05) is 37.6 Å². The fraction of sp³-hybridized carbons (Fsp3) is 0.261. The van der Waals surface area contributed by atoms with Crippen LogP contribution in [0.25, 0.3) is 0 Å². The van der Waals surface area contributed by atoms with Gasteiger partial charge < -0.3 is 14.6 Å². The fourth-order valence-electron chi connectivity index (χ4n) is 3.77. The molecule has 0 spiro atoms. The second kappa shape index (κ2) is 9.09. The molecule has 1 aromatic heterocycles. The van der Waals surface area contributed by atoms with Gasteiger partial charge in [0.15, 0.2) is 0 Å². The predicted molar refractivity (Wildman–Crippen MR) is 110 cm³/mol. The van der Waals surface area contributed by atoms with Gasteiger partial charge in [0.1, 0.15) is 17.4 Å². The van der Waals surface area contributed by atoms with Crippen molar-refractivity contribution < 1.29 is 18.0 Å². The van der Waals surface area contributed by atoms with Crippen molar-refractivity contribution in [3.63, 3.8) is 0 Å². The lowest BCUT2D eigenvalue weighted by Crippen LogP contribution is -2.50. The molecule has 30 heavy (non-hydrogen) atoms. The second-order valence-corrected chi connectivity index (χ2v) is 7.22. The van der Waals surface area contributed by atoms with Gasteiger partial charge in [-0.1, -0.05) is 12.1 Å². The average molecular weight is 411 g/mol. The molecule has 7 heteroatoms. The van der Waals surface area contributed by atoms with Gasteiger partial charge in [-0.25, -0.2) is 8.78 Å². The van der Waals surface area contributed by atoms with E-state index in [1.165, 1.54) is 30.3 Å². The van der Waals surface area contributed by atoms with E-state index in [0.29, 0.717) is 44.0 Å². The molecule has 1 aliphatic heterocycles. The van der Waals surface area contributed by atoms with Gasteiger partial charge in [0.25, 0.3) is 5.91 Å². The number of halogens is 2. The third-order valence-electron chi connectivity index (χ3n) is 5.38. The Balaban J connectivity index is 1.41. The van der Waals surface area contributed by atoms with Gasteiger partial charge >= 0.3 is 0 Å². The Bertz CT molecular complexity index is 968. The summed E-state index contributed by atoms with van der Waals surface area (Å²) in [6, 6.07) is 15.8. The first-order chi connectivity index (χ1) is 14.6. The van der Waals surface area contributed by atoms with Crippen LogP contribution in [0.5, 0.6) is 0 Å². The largest absolute Gasteiger partial charge is 0.468 e. The maximum absolute atomic E-state index is 14.1. The molecule has 1 aliphatic rings. The Labute approximate surface area is 173 Å². The van der Waals surface area contributed by atoms with Crippen LogP contribution in [0, 0.1) is 11.6 Å². The molecule has 1 unspecified atom stereocenters. The van der Waals surface area contributed by atoms with Crippen LogP contribution in [0.3, 0.4) is 0 Å². The molecule has 3 aromatic rings. The molecule has 156 valence electrons. The highest BCUT2D eigenvalue weighted by atomic mass is 19.1. The molecule has 2 heterocycles. The standard InChI is InChI=1S/C23H23F2N3O2/c24-18-9-7-17(8-10-18)23(29)26-16-21(22-6-3-15-30-22)28-13-11-27(12-14-28)20-5-2-1-4-19(20)25/h1-10,15,21H,11-14,16H2,(H,26,29). The number of anilines is 1. The maximum Gasteiger partial charge on any atom is 0.251 e. The summed E-state index contributed by atoms with van der Waals surface area (Å²) in [5.41, 5.74) is 1.01. The van der Waals surface area contributed by atoms with E-state index in [4.69, 9.17) is 4.42 Å². The number of para-hydroxylation sites is 1. The summed E-state index contributed by atoms with van der Waals surface area (Å²) < 4.78 is 32.8. The summed E-state index contributed by atoms with van der Waals surface area (Å²) in [5.74, 6) is -0.113. The van der Waals surface area contributed by atoms with Crippen LogP contribution in [0.15, 0.2) is 71.3 Å². The molecule has 0 aliphatic carbocycles. The molecule has 0 bridgehead atoms. The van der Waals surface area contributed by atoms with E-state index < -0.39 is 0 Å². The minimum atomic E-state index is -0.382. The lowest BCUT2D eigenvalue weighted by molar-refractivity contribution is 0.0922. The predicted octanol–water partition coefficient (Wildman–Crippen LogP) is 3.85. The molecule has 1 N–H and O–H groups in total. The van der Waals surface area contributed by atoms with Crippen LogP contribution in [0.1, 0.15) is 22.2 Å². The van der Waals surface area contributed by atoms with Crippen LogP contribution in [-0.4, -0.2) is 43.5 Å². The average Bonchev–Trinajstić information content (AvgIpc) is 3.30. The summed E-state index contributed by atoms with van der Waals surface area (Å²) >= 11 is 0. The molecule has 0 saturated carbocycles. The van der Waals surface area contributed by atoms with Crippen molar-refractivity contribution in [2.45, 2.75) is 6.04 Å². The molecule has 1 amide bonds. The minimum absolute atomic E-state index is 0.146. The number of hydrogen-bond donors (Lipinski definition) is 1. The first-order valence-corrected chi connectivity index (χ1v) is 9.92. The first kappa shape index (κ1) is 20.1. The highest BCUT2D eigenvalue weighted by Crippen LogP contribution is 2.25. The number of piperazine rings is 1. The van der Waals surface area contributed by atoms with Crippen LogP contribution < -0.4 is 10.2 Å². The number of hydrogen-bond acceptors (Lipinski definition) is 4. The normalized spacial score (nSPS) is 15.7. The topological polar surface area (TPSA) is 48.7 Å². The number of carbonyl (C=O) groups excluding carboxylic acids is 1. The molecule has 5 nitrogen and oxygen atoms in total. The summed E-state index contributed by atoms with van der Waals surface area (Å²) in [4.78, 5) is 16.7. The van der Waals surface area contributed by atoms with Crippen LogP contribution in [0.2, 0.25) is 0 Å². The zero-order valence-electron chi connectivity index (χ0n) is 16.4. The summed E-state index contributed by atoms with van der Waals surface area (Å²) in [6.07, 6.45) is 1.61. The van der Waals surface area contributed by atoms with Crippen LogP contribution in [0.4, 0.5) is 14.5 Å². The lowest BCUT2D eigenvalue weighted by Gasteiger charge is -2.39. The molecule has 1 atom stereocenters. The number of amides is 1. The third-order valence-corrected chi connectivity index (χ3v) is 5.38. The second-order valence-electron chi connectivity index (χ2n) is 7.22. The quantitative estimate of drug-likeness (QED) is 0.669. The maximum atomic E-state index is 14.1. The smallest absolute Gasteiger partial charge is 0.251 e. The summed E-state index contributed by atoms with van der Waals surface area (Å²) in [6.45, 7) is 3.09. The van der Waals surface area contributed by atoms with Crippen molar-refractivity contribution in [3.8, 4) is 0 Å². The zero-order valence-corrected chi connectivity index (χ0v) is 16.4. The van der Waals surface area contributed by atoms with Gasteiger partial charge in [-0.05, 0) is 48.5 Å². The molecular weight excluding hydrogens is 388 g/mol. The third kappa shape index (κ3) is 4.52. The Morgan fingerprint density at radius 1 is 0.967 bits per heavy atom. The van der Waals surface area contributed by atoms with E-state index in [1.54, 1.807) is 18.4 Å². The van der Waals surface area contributed by atoms with Crippen molar-refractivity contribution in [1.29, 1.82) is 0 Å². The number of nitrogens with one attached hydrogen (secondary N) is 1. The Morgan fingerprint density at radius 3 is 2.37 bits per heavy atom. The van der Waals surface area contributed by atoms with E-state index in [0.717, 1.165) is 5.76 Å². The van der Waals surface area contributed by atoms with E-state index in [1.807, 2.05) is 23.1 Å². The van der Waals surface area contributed by atoms with Gasteiger partial charge in [0.05, 0.1) is 18.0 Å². The molecule has 2 aromatic carbocycles. The van der Waals surface area contributed by atoms with Crippen molar-refractivity contribution in [2.24, 2.45) is 0 Å². The van der Waals surface area contributed by atoms with Gasteiger partial charge in [0.2, 0.25) is 0 Å². The zero-order chi connectivity index (χ0) is 20.9. The number of nitrogens with zero attached hydrogens (tertiary/aromatic N) is 2. The highest BCUT2D eigenvalue weighted by molar-refractivity contribution is 5.94. The molecular formula is C23H23F2N3O2. The molecule has 1 saturated heterocycles. The van der Waals surface area contributed by atoms with Crippen LogP contribution >= 0.6 is 0 Å². The highest BCUT2D eigenvalue weighted by Gasteiger charge is 2.28. The molecule has 1 fully saturated rings. The Kier molecular flexibility index (Phi) is 6.09. The van der Waals surface area contributed by atoms with Gasteiger partial charge in [0, 0.05) is 38.3 Å². The van der Waals surface area contributed by atoms with Crippen LogP contribution in [-0.2, 0) is 0 Å².